The molecule has 6 rings (SSSR count). The molecule has 3 aromatic carbocycles. The summed E-state index contributed by atoms with van der Waals surface area (Å²) >= 11 is 6.15. The molecule has 0 radical (unpaired) electrons. The third kappa shape index (κ3) is 6.17. The van der Waals surface area contributed by atoms with Gasteiger partial charge in [-0.25, -0.2) is 0 Å². The van der Waals surface area contributed by atoms with E-state index in [9.17, 15) is 9.59 Å². The second-order valence-corrected chi connectivity index (χ2v) is 11.1. The largest absolute Gasteiger partial charge is 0.369 e. The minimum Gasteiger partial charge on any atom is -0.369 e. The fraction of sp³-hybridized carbons (Fsp3) is 0.312. The van der Waals surface area contributed by atoms with Crippen molar-refractivity contribution < 1.29 is 4.79 Å². The molecule has 1 aliphatic rings. The van der Waals surface area contributed by atoms with Crippen molar-refractivity contribution in [2.45, 2.75) is 25.8 Å². The van der Waals surface area contributed by atoms with E-state index in [1.165, 1.54) is 5.69 Å². The summed E-state index contributed by atoms with van der Waals surface area (Å²) in [5.74, 6) is 1.13. The monoisotopic (exact) mass is 583 g/mol. The smallest absolute Gasteiger partial charge is 0.263 e. The Hall–Kier alpha value is -4.21. The Balaban J connectivity index is 1.03. The average molecular weight is 584 g/mol. The van der Waals surface area contributed by atoms with Gasteiger partial charge in [-0.15, -0.1) is 10.2 Å². The lowest BCUT2D eigenvalue weighted by Crippen LogP contribution is -2.47. The van der Waals surface area contributed by atoms with Gasteiger partial charge in [0.15, 0.2) is 0 Å². The van der Waals surface area contributed by atoms with Crippen LogP contribution in [-0.4, -0.2) is 69.2 Å². The van der Waals surface area contributed by atoms with Crippen molar-refractivity contribution >= 4 is 39.9 Å². The van der Waals surface area contributed by atoms with E-state index < -0.39 is 0 Å². The van der Waals surface area contributed by atoms with Gasteiger partial charge in [-0.2, -0.15) is 0 Å². The van der Waals surface area contributed by atoms with E-state index >= 15 is 0 Å². The van der Waals surface area contributed by atoms with Gasteiger partial charge in [0, 0.05) is 56.3 Å². The van der Waals surface area contributed by atoms with Crippen molar-refractivity contribution in [3.8, 4) is 0 Å². The highest BCUT2D eigenvalue weighted by molar-refractivity contribution is 6.30. The Morgan fingerprint density at radius 1 is 0.905 bits per heavy atom. The average Bonchev–Trinajstić information content (AvgIpc) is 3.45. The van der Waals surface area contributed by atoms with Gasteiger partial charge in [0.05, 0.1) is 17.4 Å². The second kappa shape index (κ2) is 12.8. The van der Waals surface area contributed by atoms with Gasteiger partial charge >= 0.3 is 0 Å². The number of carbonyl (C=O) groups excluding carboxylic acids is 1. The molecule has 5 aromatic rings. The molecule has 2 aromatic heterocycles. The summed E-state index contributed by atoms with van der Waals surface area (Å²) < 4.78 is 3.57. The van der Waals surface area contributed by atoms with E-state index in [1.807, 2.05) is 77.2 Å². The van der Waals surface area contributed by atoms with E-state index in [1.54, 1.807) is 4.57 Å². The minimum absolute atomic E-state index is 0.0144. The maximum absolute atomic E-state index is 13.4. The van der Waals surface area contributed by atoms with Gasteiger partial charge < -0.3 is 10.2 Å². The molecule has 216 valence electrons. The van der Waals surface area contributed by atoms with Crippen LogP contribution in [0.4, 0.5) is 5.69 Å². The number of aryl methyl sites for hydroxylation is 1. The zero-order valence-electron chi connectivity index (χ0n) is 23.5. The molecule has 0 aliphatic carbocycles. The number of rotatable bonds is 10. The quantitative estimate of drug-likeness (QED) is 0.250. The lowest BCUT2D eigenvalue weighted by molar-refractivity contribution is -0.121. The number of hydrogen-bond acceptors (Lipinski definition) is 6. The number of halogens is 1. The Morgan fingerprint density at radius 2 is 1.69 bits per heavy atom. The highest BCUT2D eigenvalue weighted by Gasteiger charge is 2.19. The lowest BCUT2D eigenvalue weighted by atomic mass is 10.2. The van der Waals surface area contributed by atoms with Crippen molar-refractivity contribution in [1.82, 2.24) is 29.4 Å². The molecule has 1 N–H and O–H groups in total. The first kappa shape index (κ1) is 27.9. The zero-order chi connectivity index (χ0) is 28.9. The first-order valence-corrected chi connectivity index (χ1v) is 14.8. The molecule has 1 saturated heterocycles. The number of benzene rings is 3. The van der Waals surface area contributed by atoms with Gasteiger partial charge in [-0.3, -0.25) is 23.5 Å². The van der Waals surface area contributed by atoms with E-state index in [4.69, 9.17) is 11.6 Å². The zero-order valence-corrected chi connectivity index (χ0v) is 24.2. The molecule has 0 spiro atoms. The number of amides is 1. The Bertz CT molecular complexity index is 1740. The summed E-state index contributed by atoms with van der Waals surface area (Å²) in [6.45, 7) is 5.88. The van der Waals surface area contributed by atoms with Crippen LogP contribution < -0.4 is 15.8 Å². The van der Waals surface area contributed by atoms with Gasteiger partial charge in [-0.05, 0) is 48.9 Å². The van der Waals surface area contributed by atoms with Crippen LogP contribution in [0.3, 0.4) is 0 Å². The highest BCUT2D eigenvalue weighted by Crippen LogP contribution is 2.21. The standard InChI is InChI=1S/C32H34ClN7O2/c33-25-10-6-11-26(22-25)38-20-18-37(19-21-38)17-7-16-34-30(41)15-14-29-35-36-32-39(23-24-8-2-1-3-9-24)31(42)27-12-4-5-13-28(27)40(29)32/h1-6,8-13,22H,7,14-21,23H2,(H,34,41). The lowest BCUT2D eigenvalue weighted by Gasteiger charge is -2.36. The molecule has 9 nitrogen and oxygen atoms in total. The second-order valence-electron chi connectivity index (χ2n) is 10.7. The number of anilines is 1. The van der Waals surface area contributed by atoms with Gasteiger partial charge in [-0.1, -0.05) is 60.1 Å². The summed E-state index contributed by atoms with van der Waals surface area (Å²) in [5, 5.41) is 13.2. The van der Waals surface area contributed by atoms with Gasteiger partial charge in [0.1, 0.15) is 5.82 Å². The SMILES string of the molecule is O=C(CCc1nnc2n(Cc3ccccc3)c(=O)c3ccccc3n12)NCCCN1CCN(c2cccc(Cl)c2)CC1. The van der Waals surface area contributed by atoms with Crippen LogP contribution in [0.1, 0.15) is 24.2 Å². The van der Waals surface area contributed by atoms with Crippen LogP contribution in [0.15, 0.2) is 83.7 Å². The van der Waals surface area contributed by atoms with Crippen LogP contribution >= 0.6 is 11.6 Å². The van der Waals surface area contributed by atoms with E-state index in [-0.39, 0.29) is 11.5 Å². The van der Waals surface area contributed by atoms with E-state index in [2.05, 4.69) is 31.4 Å². The summed E-state index contributed by atoms with van der Waals surface area (Å²) in [5.41, 5.74) is 2.81. The van der Waals surface area contributed by atoms with Gasteiger partial charge in [0.25, 0.3) is 5.56 Å². The number of nitrogens with one attached hydrogen (secondary N) is 1. The molecule has 0 bridgehead atoms. The molecule has 10 heteroatoms. The summed E-state index contributed by atoms with van der Waals surface area (Å²) in [6.07, 6.45) is 1.62. The van der Waals surface area contributed by atoms with Crippen molar-refractivity contribution in [2.24, 2.45) is 0 Å². The molecule has 3 heterocycles. The Morgan fingerprint density at radius 3 is 2.50 bits per heavy atom. The van der Waals surface area contributed by atoms with E-state index in [0.717, 1.165) is 55.2 Å². The number of carbonyl (C=O) groups is 1. The minimum atomic E-state index is -0.107. The number of fused-ring (bicyclic) bond motifs is 3. The predicted molar refractivity (Wildman–Crippen MR) is 166 cm³/mol. The summed E-state index contributed by atoms with van der Waals surface area (Å²) in [4.78, 5) is 30.9. The number of aromatic nitrogens is 4. The molecule has 0 saturated carbocycles. The predicted octanol–water partition coefficient (Wildman–Crippen LogP) is 4.01. The number of piperazine rings is 1. The maximum atomic E-state index is 13.4. The fourth-order valence-corrected chi connectivity index (χ4v) is 5.82. The molecule has 1 amide bonds. The first-order chi connectivity index (χ1) is 20.6. The molecule has 42 heavy (non-hydrogen) atoms. The molecule has 1 aliphatic heterocycles. The van der Waals surface area contributed by atoms with Crippen LogP contribution in [0.25, 0.3) is 16.7 Å². The van der Waals surface area contributed by atoms with Crippen LogP contribution in [0.2, 0.25) is 5.02 Å². The fourth-order valence-electron chi connectivity index (χ4n) is 5.63. The van der Waals surface area contributed by atoms with E-state index in [0.29, 0.717) is 42.9 Å². The topological polar surface area (TPSA) is 87.8 Å². The van der Waals surface area contributed by atoms with Crippen LogP contribution in [0, 0.1) is 0 Å². The molecule has 0 unspecified atom stereocenters. The number of hydrogen-bond donors (Lipinski definition) is 1. The van der Waals surface area contributed by atoms with Crippen LogP contribution in [-0.2, 0) is 17.8 Å². The number of para-hydroxylation sites is 1. The molecule has 1 fully saturated rings. The van der Waals surface area contributed by atoms with Crippen LogP contribution in [0.5, 0.6) is 0 Å². The van der Waals surface area contributed by atoms with Crippen molar-refractivity contribution in [3.63, 3.8) is 0 Å². The summed E-state index contributed by atoms with van der Waals surface area (Å²) in [6, 6.07) is 25.3. The van der Waals surface area contributed by atoms with Crippen molar-refractivity contribution in [1.29, 1.82) is 0 Å². The van der Waals surface area contributed by atoms with Crippen molar-refractivity contribution in [3.05, 3.63) is 106 Å². The third-order valence-electron chi connectivity index (χ3n) is 7.85. The third-order valence-corrected chi connectivity index (χ3v) is 8.09. The van der Waals surface area contributed by atoms with Crippen molar-refractivity contribution in [2.75, 3.05) is 44.2 Å². The molecular weight excluding hydrogens is 550 g/mol. The Kier molecular flexibility index (Phi) is 8.48. The highest BCUT2D eigenvalue weighted by atomic mass is 35.5. The Labute approximate surface area is 249 Å². The molecular formula is C32H34ClN7O2. The maximum Gasteiger partial charge on any atom is 0.263 e. The normalized spacial score (nSPS) is 14.1. The molecule has 0 atom stereocenters. The first-order valence-electron chi connectivity index (χ1n) is 14.5. The van der Waals surface area contributed by atoms with Gasteiger partial charge in [0.2, 0.25) is 11.7 Å². The summed E-state index contributed by atoms with van der Waals surface area (Å²) in [7, 11) is 0. The number of nitrogens with zero attached hydrogens (tertiary/aromatic N) is 6.